The quantitative estimate of drug-likeness (QED) is 0.0641. The second kappa shape index (κ2) is 20.6. The molecule has 0 bridgehead atoms. The van der Waals surface area contributed by atoms with Crippen LogP contribution in [0.15, 0.2) is 65.1 Å². The topological polar surface area (TPSA) is 107 Å². The second-order valence-electron chi connectivity index (χ2n) is 14.3. The van der Waals surface area contributed by atoms with Gasteiger partial charge in [0, 0.05) is 32.0 Å². The van der Waals surface area contributed by atoms with Crippen LogP contribution in [-0.4, -0.2) is 65.6 Å². The van der Waals surface area contributed by atoms with Gasteiger partial charge in [-0.3, -0.25) is 8.98 Å². The Morgan fingerprint density at radius 2 is 1.68 bits per heavy atom. The van der Waals surface area contributed by atoms with E-state index in [-0.39, 0.29) is 53.4 Å². The Morgan fingerprint density at radius 1 is 0.980 bits per heavy atom. The van der Waals surface area contributed by atoms with Crippen molar-refractivity contribution in [2.24, 2.45) is 17.8 Å². The molecule has 2 aliphatic heterocycles. The van der Waals surface area contributed by atoms with Gasteiger partial charge in [0.1, 0.15) is 0 Å². The highest BCUT2D eigenvalue weighted by Gasteiger charge is 2.46. The van der Waals surface area contributed by atoms with Crippen LogP contribution in [0.3, 0.4) is 0 Å². The second-order valence-corrected chi connectivity index (χ2v) is 15.9. The first kappa shape index (κ1) is 40.4. The number of rotatable bonds is 18. The maximum absolute atomic E-state index is 13.7. The molecule has 8 atom stereocenters. The molecule has 1 saturated carbocycles. The van der Waals surface area contributed by atoms with Gasteiger partial charge in [-0.2, -0.15) is 8.42 Å². The summed E-state index contributed by atoms with van der Waals surface area (Å²) in [7, 11) is -2.64. The fourth-order valence-electron chi connectivity index (χ4n) is 6.85. The Hall–Kier alpha value is -2.34. The van der Waals surface area contributed by atoms with Crippen LogP contribution in [0.1, 0.15) is 103 Å². The van der Waals surface area contributed by atoms with Crippen molar-refractivity contribution in [3.8, 4) is 0 Å². The summed E-state index contributed by atoms with van der Waals surface area (Å²) >= 11 is 0. The summed E-state index contributed by atoms with van der Waals surface area (Å²) in [5, 5.41) is 0. The molecule has 4 rings (SSSR count). The van der Waals surface area contributed by atoms with Gasteiger partial charge in [0.05, 0.1) is 30.3 Å². The van der Waals surface area contributed by atoms with Crippen LogP contribution in [0.2, 0.25) is 0 Å². The Labute approximate surface area is 300 Å². The molecule has 9 nitrogen and oxygen atoms in total. The van der Waals surface area contributed by atoms with Crippen LogP contribution in [0.5, 0.6) is 0 Å². The molecule has 10 heteroatoms. The average Bonchev–Trinajstić information content (AvgIpc) is 3.41. The third-order valence-electron chi connectivity index (χ3n) is 9.87. The largest absolute Gasteiger partial charge is 0.469 e. The van der Waals surface area contributed by atoms with E-state index in [1.54, 1.807) is 24.3 Å². The smallest absolute Gasteiger partial charge is 0.305 e. The van der Waals surface area contributed by atoms with Gasteiger partial charge in [-0.05, 0) is 109 Å². The van der Waals surface area contributed by atoms with Crippen LogP contribution in [-0.2, 0) is 42.8 Å². The normalized spacial score (nSPS) is 27.4. The van der Waals surface area contributed by atoms with Crippen LogP contribution in [0.4, 0.5) is 0 Å². The maximum atomic E-state index is 13.7. The van der Waals surface area contributed by atoms with E-state index in [4.69, 9.17) is 27.9 Å². The Bertz CT molecular complexity index is 1350. The number of unbranched alkanes of at least 4 members (excludes halogenated alkanes) is 1. The van der Waals surface area contributed by atoms with E-state index < -0.39 is 16.2 Å². The van der Waals surface area contributed by atoms with Gasteiger partial charge in [0.15, 0.2) is 12.6 Å². The fraction of sp³-hybridized carbons (Fsp3) is 0.675. The summed E-state index contributed by atoms with van der Waals surface area (Å²) < 4.78 is 63.5. The molecule has 0 spiro atoms. The van der Waals surface area contributed by atoms with Gasteiger partial charge >= 0.3 is 5.97 Å². The van der Waals surface area contributed by atoms with E-state index in [0.29, 0.717) is 45.3 Å². The molecule has 3 fully saturated rings. The van der Waals surface area contributed by atoms with Gasteiger partial charge in [0.2, 0.25) is 0 Å². The van der Waals surface area contributed by atoms with Crippen molar-refractivity contribution in [1.82, 2.24) is 0 Å². The molecule has 1 aromatic rings. The van der Waals surface area contributed by atoms with Crippen molar-refractivity contribution >= 4 is 16.1 Å². The molecule has 0 amide bonds. The number of aryl methyl sites for hydroxylation is 1. The van der Waals surface area contributed by atoms with Crippen LogP contribution in [0.25, 0.3) is 0 Å². The molecule has 0 aromatic heterocycles. The van der Waals surface area contributed by atoms with Gasteiger partial charge in [-0.15, -0.1) is 0 Å². The SMILES string of the molecule is COC(=O)CCCC=CC[C@@H]1[C@@H](C=C[C@H](OC2CCCCO2)C(C)CC=C(C)C)[C@H](OC2CCCCO2)C[C@@H]1OS(=O)(=O)c1ccc(C)cc1. The fourth-order valence-corrected chi connectivity index (χ4v) is 7.97. The summed E-state index contributed by atoms with van der Waals surface area (Å²) in [6, 6.07) is 6.76. The lowest BCUT2D eigenvalue weighted by Gasteiger charge is -2.31. The number of hydrogen-bond donors (Lipinski definition) is 0. The molecule has 0 radical (unpaired) electrons. The summed E-state index contributed by atoms with van der Waals surface area (Å²) in [5.41, 5.74) is 2.24. The summed E-state index contributed by atoms with van der Waals surface area (Å²) in [4.78, 5) is 11.7. The maximum Gasteiger partial charge on any atom is 0.305 e. The first-order chi connectivity index (χ1) is 24.1. The number of ether oxygens (including phenoxy) is 5. The number of hydrogen-bond acceptors (Lipinski definition) is 9. The number of allylic oxidation sites excluding steroid dienone is 4. The van der Waals surface area contributed by atoms with E-state index in [1.165, 1.54) is 12.7 Å². The minimum absolute atomic E-state index is 0.140. The zero-order valence-electron chi connectivity index (χ0n) is 30.8. The molecular weight excluding hydrogens is 656 g/mol. The van der Waals surface area contributed by atoms with Crippen LogP contribution in [0, 0.1) is 24.7 Å². The lowest BCUT2D eigenvalue weighted by molar-refractivity contribution is -0.193. The molecule has 2 heterocycles. The zero-order chi connectivity index (χ0) is 35.9. The Balaban J connectivity index is 1.63. The molecule has 3 unspecified atom stereocenters. The molecule has 1 aromatic carbocycles. The predicted molar refractivity (Wildman–Crippen MR) is 194 cm³/mol. The monoisotopic (exact) mass is 716 g/mol. The molecule has 3 aliphatic rings. The summed E-state index contributed by atoms with van der Waals surface area (Å²) in [6.07, 6.45) is 18.4. The Kier molecular flexibility index (Phi) is 16.7. The van der Waals surface area contributed by atoms with E-state index in [9.17, 15) is 13.2 Å². The minimum atomic E-state index is -4.04. The van der Waals surface area contributed by atoms with Crippen molar-refractivity contribution < 1.29 is 41.1 Å². The number of carbonyl (C=O) groups excluding carboxylic acids is 1. The first-order valence-corrected chi connectivity index (χ1v) is 20.0. The molecule has 280 valence electrons. The van der Waals surface area contributed by atoms with Crippen molar-refractivity contribution in [2.75, 3.05) is 20.3 Å². The highest BCUT2D eigenvalue weighted by molar-refractivity contribution is 7.86. The van der Waals surface area contributed by atoms with Crippen LogP contribution >= 0.6 is 0 Å². The summed E-state index contributed by atoms with van der Waals surface area (Å²) in [5.74, 6) is -0.395. The van der Waals surface area contributed by atoms with Gasteiger partial charge in [-0.25, -0.2) is 0 Å². The lowest BCUT2D eigenvalue weighted by Crippen LogP contribution is -2.32. The highest BCUT2D eigenvalue weighted by atomic mass is 32.2. The number of carbonyl (C=O) groups is 1. The van der Waals surface area contributed by atoms with E-state index in [2.05, 4.69) is 51.2 Å². The van der Waals surface area contributed by atoms with Crippen molar-refractivity contribution in [1.29, 1.82) is 0 Å². The van der Waals surface area contributed by atoms with E-state index in [1.807, 2.05) is 6.92 Å². The third-order valence-corrected chi connectivity index (χ3v) is 11.2. The van der Waals surface area contributed by atoms with Crippen molar-refractivity contribution in [3.05, 3.63) is 65.8 Å². The predicted octanol–water partition coefficient (Wildman–Crippen LogP) is 8.37. The molecule has 2 saturated heterocycles. The molecule has 0 N–H and O–H groups in total. The zero-order valence-corrected chi connectivity index (χ0v) is 31.6. The molecular formula is C40H60O9S. The first-order valence-electron chi connectivity index (χ1n) is 18.6. The lowest BCUT2D eigenvalue weighted by atomic mass is 9.88. The van der Waals surface area contributed by atoms with Gasteiger partial charge in [0.25, 0.3) is 10.1 Å². The average molecular weight is 717 g/mol. The number of benzene rings is 1. The highest BCUT2D eigenvalue weighted by Crippen LogP contribution is 2.42. The number of methoxy groups -OCH3 is 1. The molecule has 1 aliphatic carbocycles. The van der Waals surface area contributed by atoms with E-state index in [0.717, 1.165) is 50.5 Å². The van der Waals surface area contributed by atoms with Gasteiger partial charge in [-0.1, -0.05) is 60.6 Å². The van der Waals surface area contributed by atoms with Crippen molar-refractivity contribution in [2.45, 2.75) is 141 Å². The number of esters is 1. The van der Waals surface area contributed by atoms with Gasteiger partial charge < -0.3 is 23.7 Å². The van der Waals surface area contributed by atoms with Crippen molar-refractivity contribution in [3.63, 3.8) is 0 Å². The minimum Gasteiger partial charge on any atom is -0.469 e. The van der Waals surface area contributed by atoms with Crippen LogP contribution < -0.4 is 0 Å². The Morgan fingerprint density at radius 3 is 2.32 bits per heavy atom. The molecule has 50 heavy (non-hydrogen) atoms. The standard InChI is InChI=1S/C40H60O9S/c1-29(2)18-21-31(4)35(47-39-16-10-12-26-45-39)25-24-34-33(14-8-6-7-9-15-38(41)44-5)37(28-36(34)48-40-17-11-13-27-46-40)49-50(42,43)32-22-19-30(3)20-23-32/h6,8,18-20,22-25,31,33-37,39-40H,7,9-17,21,26-28H2,1-5H3/t31?,33-,34-,35+,36-,37+,39?,40?/m1/s1. The van der Waals surface area contributed by atoms with E-state index >= 15 is 0 Å². The summed E-state index contributed by atoms with van der Waals surface area (Å²) in [6.45, 7) is 9.68. The third kappa shape index (κ3) is 13.0.